The van der Waals surface area contributed by atoms with E-state index in [1.54, 1.807) is 0 Å². The number of carboxylic acid groups (broad SMARTS) is 1. The van der Waals surface area contributed by atoms with Crippen molar-refractivity contribution < 1.29 is 39.6 Å². The molecule has 0 aliphatic rings. The highest BCUT2D eigenvalue weighted by atomic mass is 16.4. The van der Waals surface area contributed by atoms with E-state index in [1.807, 2.05) is 0 Å². The number of aliphatic hydroxyl groups excluding tert-OH is 2. The molecule has 166 valence electrons. The SMILES string of the molecule is CC(O)C(N)C(=O)NC(CO)C(=O)NCC(=O)NC(Cc1ccc(O)cc1)C(=O)O. The highest BCUT2D eigenvalue weighted by molar-refractivity contribution is 5.92. The Labute approximate surface area is 172 Å². The fraction of sp³-hybridized carbons (Fsp3) is 0.444. The maximum Gasteiger partial charge on any atom is 0.326 e. The number of nitrogens with one attached hydrogen (secondary N) is 3. The Morgan fingerprint density at radius 2 is 1.63 bits per heavy atom. The zero-order valence-electron chi connectivity index (χ0n) is 16.2. The number of rotatable bonds is 11. The number of aliphatic carboxylic acids is 1. The lowest BCUT2D eigenvalue weighted by Crippen LogP contribution is -2.56. The fourth-order valence-electron chi connectivity index (χ4n) is 2.28. The molecule has 0 saturated carbocycles. The summed E-state index contributed by atoms with van der Waals surface area (Å²) in [6, 6.07) is 1.76. The summed E-state index contributed by atoms with van der Waals surface area (Å²) < 4.78 is 0. The van der Waals surface area contributed by atoms with Crippen LogP contribution in [-0.4, -0.2) is 81.5 Å². The van der Waals surface area contributed by atoms with Crippen LogP contribution in [0.15, 0.2) is 24.3 Å². The van der Waals surface area contributed by atoms with Crippen LogP contribution in [0.1, 0.15) is 12.5 Å². The van der Waals surface area contributed by atoms with Crippen LogP contribution in [-0.2, 0) is 25.6 Å². The largest absolute Gasteiger partial charge is 0.508 e. The lowest BCUT2D eigenvalue weighted by Gasteiger charge is -2.20. The van der Waals surface area contributed by atoms with E-state index in [1.165, 1.54) is 31.2 Å². The van der Waals surface area contributed by atoms with Gasteiger partial charge in [0.05, 0.1) is 19.3 Å². The molecular weight excluding hydrogens is 400 g/mol. The first-order valence-corrected chi connectivity index (χ1v) is 8.97. The minimum atomic E-state index is -1.41. The van der Waals surface area contributed by atoms with Crippen molar-refractivity contribution in [2.75, 3.05) is 13.2 Å². The average molecular weight is 426 g/mol. The molecule has 1 rings (SSSR count). The number of carbonyl (C=O) groups is 4. The van der Waals surface area contributed by atoms with Crippen molar-refractivity contribution in [1.82, 2.24) is 16.0 Å². The molecule has 12 nitrogen and oxygen atoms in total. The summed E-state index contributed by atoms with van der Waals surface area (Å²) in [4.78, 5) is 47.2. The van der Waals surface area contributed by atoms with E-state index in [-0.39, 0.29) is 12.2 Å². The van der Waals surface area contributed by atoms with Crippen molar-refractivity contribution in [3.8, 4) is 5.75 Å². The Morgan fingerprint density at radius 3 is 2.13 bits per heavy atom. The van der Waals surface area contributed by atoms with E-state index in [9.17, 15) is 39.6 Å². The molecule has 12 heteroatoms. The first-order chi connectivity index (χ1) is 14.0. The quantitative estimate of drug-likeness (QED) is 0.179. The van der Waals surface area contributed by atoms with Gasteiger partial charge in [-0.25, -0.2) is 4.79 Å². The number of hydrogen-bond acceptors (Lipinski definition) is 8. The minimum absolute atomic E-state index is 0.0114. The van der Waals surface area contributed by atoms with Crippen LogP contribution < -0.4 is 21.7 Å². The third kappa shape index (κ3) is 8.03. The van der Waals surface area contributed by atoms with Gasteiger partial charge in [0.25, 0.3) is 0 Å². The van der Waals surface area contributed by atoms with Crippen molar-refractivity contribution in [3.05, 3.63) is 29.8 Å². The second kappa shape index (κ2) is 11.7. The number of benzene rings is 1. The van der Waals surface area contributed by atoms with Gasteiger partial charge >= 0.3 is 5.97 Å². The van der Waals surface area contributed by atoms with Gasteiger partial charge in [0, 0.05) is 6.42 Å². The van der Waals surface area contributed by atoms with E-state index in [0.717, 1.165) is 0 Å². The summed E-state index contributed by atoms with van der Waals surface area (Å²) in [6.45, 7) is -0.114. The summed E-state index contributed by atoms with van der Waals surface area (Å²) in [5, 5.41) is 43.6. The number of aliphatic hydroxyl groups is 2. The average Bonchev–Trinajstić information content (AvgIpc) is 2.70. The van der Waals surface area contributed by atoms with Gasteiger partial charge in [0.2, 0.25) is 17.7 Å². The topological polar surface area (TPSA) is 211 Å². The van der Waals surface area contributed by atoms with Crippen molar-refractivity contribution in [1.29, 1.82) is 0 Å². The maximum absolute atomic E-state index is 12.0. The summed E-state index contributed by atoms with van der Waals surface area (Å²) in [5.74, 6) is -3.86. The zero-order valence-corrected chi connectivity index (χ0v) is 16.2. The first kappa shape index (κ1) is 24.8. The minimum Gasteiger partial charge on any atom is -0.508 e. The molecule has 0 spiro atoms. The molecule has 9 N–H and O–H groups in total. The highest BCUT2D eigenvalue weighted by Gasteiger charge is 2.26. The molecular formula is C18H26N4O8. The third-order valence-corrected chi connectivity index (χ3v) is 4.07. The second-order valence-electron chi connectivity index (χ2n) is 6.56. The van der Waals surface area contributed by atoms with Gasteiger partial charge in [-0.15, -0.1) is 0 Å². The predicted molar refractivity (Wildman–Crippen MR) is 103 cm³/mol. The standard InChI is InChI=1S/C18H26N4O8/c1-9(24)15(19)17(28)22-13(8-23)16(27)20-7-14(26)21-12(18(29)30)6-10-2-4-11(25)5-3-10/h2-5,9,12-13,15,23-25H,6-8,19H2,1H3,(H,20,27)(H,21,26)(H,22,28)(H,29,30). The normalized spacial score (nSPS) is 14.7. The van der Waals surface area contributed by atoms with Gasteiger partial charge in [-0.05, 0) is 24.6 Å². The number of phenols is 1. The molecule has 1 aromatic rings. The molecule has 0 fully saturated rings. The Bertz CT molecular complexity index is 753. The second-order valence-corrected chi connectivity index (χ2v) is 6.56. The number of hydrogen-bond donors (Lipinski definition) is 8. The van der Waals surface area contributed by atoms with Crippen LogP contribution in [0.25, 0.3) is 0 Å². The number of aromatic hydroxyl groups is 1. The lowest BCUT2D eigenvalue weighted by atomic mass is 10.1. The van der Waals surface area contributed by atoms with Gasteiger partial charge in [0.15, 0.2) is 0 Å². The van der Waals surface area contributed by atoms with E-state index >= 15 is 0 Å². The van der Waals surface area contributed by atoms with Gasteiger partial charge in [-0.2, -0.15) is 0 Å². The number of phenolic OH excluding ortho intramolecular Hbond substituents is 1. The Kier molecular flexibility index (Phi) is 9.68. The fourth-order valence-corrected chi connectivity index (χ4v) is 2.28. The number of amides is 3. The summed E-state index contributed by atoms with van der Waals surface area (Å²) in [7, 11) is 0. The molecule has 0 saturated heterocycles. The molecule has 4 atom stereocenters. The van der Waals surface area contributed by atoms with Crippen LogP contribution in [0.5, 0.6) is 5.75 Å². The molecule has 30 heavy (non-hydrogen) atoms. The monoisotopic (exact) mass is 426 g/mol. The molecule has 1 aromatic carbocycles. The predicted octanol–water partition coefficient (Wildman–Crippen LogP) is -3.19. The third-order valence-electron chi connectivity index (χ3n) is 4.07. The molecule has 0 aliphatic carbocycles. The van der Waals surface area contributed by atoms with Crippen LogP contribution in [0.2, 0.25) is 0 Å². The van der Waals surface area contributed by atoms with E-state index in [2.05, 4.69) is 16.0 Å². The van der Waals surface area contributed by atoms with Crippen LogP contribution >= 0.6 is 0 Å². The van der Waals surface area contributed by atoms with E-state index in [0.29, 0.717) is 5.56 Å². The number of nitrogens with two attached hydrogens (primary N) is 1. The molecule has 3 amide bonds. The Morgan fingerprint density at radius 1 is 1.03 bits per heavy atom. The molecule has 0 bridgehead atoms. The van der Waals surface area contributed by atoms with Crippen LogP contribution in [0, 0.1) is 0 Å². The van der Waals surface area contributed by atoms with Crippen LogP contribution in [0.4, 0.5) is 0 Å². The van der Waals surface area contributed by atoms with Crippen molar-refractivity contribution >= 4 is 23.7 Å². The van der Waals surface area contributed by atoms with Gasteiger partial charge in [-0.3, -0.25) is 14.4 Å². The first-order valence-electron chi connectivity index (χ1n) is 8.97. The van der Waals surface area contributed by atoms with E-state index < -0.39 is 61.1 Å². The molecule has 0 aromatic heterocycles. The lowest BCUT2D eigenvalue weighted by molar-refractivity contribution is -0.141. The summed E-state index contributed by atoms with van der Waals surface area (Å²) in [5.41, 5.74) is 5.99. The summed E-state index contributed by atoms with van der Waals surface area (Å²) >= 11 is 0. The van der Waals surface area contributed by atoms with Crippen LogP contribution in [0.3, 0.4) is 0 Å². The zero-order chi connectivity index (χ0) is 22.8. The molecule has 0 aliphatic heterocycles. The number of carbonyl (C=O) groups excluding carboxylic acids is 3. The Hall–Kier alpha value is -3.22. The Balaban J connectivity index is 2.58. The van der Waals surface area contributed by atoms with Crippen molar-refractivity contribution in [3.63, 3.8) is 0 Å². The van der Waals surface area contributed by atoms with E-state index in [4.69, 9.17) is 5.73 Å². The molecule has 4 unspecified atom stereocenters. The molecule has 0 radical (unpaired) electrons. The molecule has 0 heterocycles. The highest BCUT2D eigenvalue weighted by Crippen LogP contribution is 2.11. The van der Waals surface area contributed by atoms with Crippen molar-refractivity contribution in [2.24, 2.45) is 5.73 Å². The van der Waals surface area contributed by atoms with Gasteiger partial charge < -0.3 is 42.1 Å². The number of carboxylic acids is 1. The smallest absolute Gasteiger partial charge is 0.326 e. The summed E-state index contributed by atoms with van der Waals surface area (Å²) in [6.07, 6.45) is -1.23. The van der Waals surface area contributed by atoms with Gasteiger partial charge in [-0.1, -0.05) is 12.1 Å². The van der Waals surface area contributed by atoms with Crippen molar-refractivity contribution in [2.45, 2.75) is 37.6 Å². The van der Waals surface area contributed by atoms with Gasteiger partial charge in [0.1, 0.15) is 23.9 Å². The maximum atomic E-state index is 12.0.